The molecule has 1 saturated carbocycles. The Hall–Kier alpha value is -1.38. The largest absolute Gasteiger partial charge is 0.477 e. The molecule has 21 heavy (non-hydrogen) atoms. The van der Waals surface area contributed by atoms with Gasteiger partial charge in [0.15, 0.2) is 0 Å². The van der Waals surface area contributed by atoms with Crippen molar-refractivity contribution >= 4 is 16.0 Å². The molecule has 2 aliphatic rings. The number of aromatic carboxylic acids is 1. The van der Waals surface area contributed by atoms with Gasteiger partial charge in [0.05, 0.1) is 0 Å². The van der Waals surface area contributed by atoms with Crippen LogP contribution >= 0.6 is 0 Å². The molecule has 1 N–H and O–H groups in total. The molecular formula is C13H19N3O4S. The summed E-state index contributed by atoms with van der Waals surface area (Å²) in [6.45, 7) is 2.26. The van der Waals surface area contributed by atoms with E-state index in [0.717, 1.165) is 12.8 Å². The van der Waals surface area contributed by atoms with E-state index in [0.29, 0.717) is 26.2 Å². The average Bonchev–Trinajstić information content (AvgIpc) is 3.17. The van der Waals surface area contributed by atoms with Gasteiger partial charge in [-0.05, 0) is 26.0 Å². The molecule has 0 spiro atoms. The minimum atomic E-state index is -3.60. The summed E-state index contributed by atoms with van der Waals surface area (Å²) in [7, 11) is -1.65. The van der Waals surface area contributed by atoms with Crippen molar-refractivity contribution in [3.05, 3.63) is 18.0 Å². The molecule has 1 saturated heterocycles. The summed E-state index contributed by atoms with van der Waals surface area (Å²) < 4.78 is 28.3. The van der Waals surface area contributed by atoms with E-state index in [1.807, 2.05) is 7.05 Å². The molecular weight excluding hydrogens is 294 g/mol. The van der Waals surface area contributed by atoms with Crippen LogP contribution in [0.15, 0.2) is 17.2 Å². The fraction of sp³-hybridized carbons (Fsp3) is 0.615. The van der Waals surface area contributed by atoms with Crippen LogP contribution in [-0.2, 0) is 10.0 Å². The van der Waals surface area contributed by atoms with Gasteiger partial charge in [-0.3, -0.25) is 0 Å². The Kier molecular flexibility index (Phi) is 3.54. The number of carbonyl (C=O) groups is 1. The van der Waals surface area contributed by atoms with Crippen molar-refractivity contribution in [2.45, 2.75) is 23.8 Å². The number of likely N-dealkylation sites (N-methyl/N-ethyl adjacent to an activating group) is 1. The molecule has 0 amide bonds. The van der Waals surface area contributed by atoms with Crippen LogP contribution in [0.25, 0.3) is 0 Å². The van der Waals surface area contributed by atoms with E-state index in [2.05, 4.69) is 4.90 Å². The minimum absolute atomic E-state index is 0.0604. The number of nitrogens with zero attached hydrogens (tertiary/aromatic N) is 3. The van der Waals surface area contributed by atoms with Crippen molar-refractivity contribution in [3.63, 3.8) is 0 Å². The van der Waals surface area contributed by atoms with Gasteiger partial charge in [-0.15, -0.1) is 0 Å². The third-order valence-electron chi connectivity index (χ3n) is 4.08. The molecule has 0 atom stereocenters. The third kappa shape index (κ3) is 2.70. The van der Waals surface area contributed by atoms with Crippen LogP contribution in [0.3, 0.4) is 0 Å². The summed E-state index contributed by atoms with van der Waals surface area (Å²) in [5.41, 5.74) is 0.0604. The molecule has 2 fully saturated rings. The van der Waals surface area contributed by atoms with Crippen molar-refractivity contribution in [3.8, 4) is 0 Å². The molecule has 2 heterocycles. The molecule has 0 radical (unpaired) electrons. The van der Waals surface area contributed by atoms with Gasteiger partial charge in [-0.1, -0.05) is 0 Å². The standard InChI is InChI=1S/C13H19N3O4S/c1-14-4-6-15(7-5-14)21(19,20)11-8-12(13(17)18)16(9-11)10-2-3-10/h8-10H,2-7H2,1H3,(H,17,18). The van der Waals surface area contributed by atoms with E-state index >= 15 is 0 Å². The lowest BCUT2D eigenvalue weighted by atomic mass is 10.4. The molecule has 3 rings (SSSR count). The molecule has 1 aliphatic heterocycles. The van der Waals surface area contributed by atoms with Crippen LogP contribution < -0.4 is 0 Å². The molecule has 7 nitrogen and oxygen atoms in total. The zero-order valence-corrected chi connectivity index (χ0v) is 12.7. The summed E-state index contributed by atoms with van der Waals surface area (Å²) in [5.74, 6) is -1.08. The second-order valence-electron chi connectivity index (χ2n) is 5.71. The van der Waals surface area contributed by atoms with E-state index in [4.69, 9.17) is 0 Å². The number of carboxylic acids is 1. The molecule has 8 heteroatoms. The highest BCUT2D eigenvalue weighted by molar-refractivity contribution is 7.89. The fourth-order valence-corrected chi connectivity index (χ4v) is 4.05. The summed E-state index contributed by atoms with van der Waals surface area (Å²) in [6.07, 6.45) is 3.29. The van der Waals surface area contributed by atoms with Gasteiger partial charge in [-0.25, -0.2) is 13.2 Å². The number of sulfonamides is 1. The van der Waals surface area contributed by atoms with Gasteiger partial charge in [0.1, 0.15) is 10.6 Å². The Bertz CT molecular complexity index is 655. The Labute approximate surface area is 123 Å². The first-order valence-electron chi connectivity index (χ1n) is 7.03. The molecule has 116 valence electrons. The SMILES string of the molecule is CN1CCN(S(=O)(=O)c2cc(C(=O)O)n(C3CC3)c2)CC1. The summed E-state index contributed by atoms with van der Waals surface area (Å²) in [4.78, 5) is 13.4. The first-order chi connectivity index (χ1) is 9.89. The van der Waals surface area contributed by atoms with Crippen molar-refractivity contribution in [2.75, 3.05) is 33.2 Å². The average molecular weight is 313 g/mol. The second kappa shape index (κ2) is 5.11. The molecule has 0 aromatic carbocycles. The van der Waals surface area contributed by atoms with Crippen molar-refractivity contribution in [2.24, 2.45) is 0 Å². The van der Waals surface area contributed by atoms with Gasteiger partial charge in [0.25, 0.3) is 0 Å². The van der Waals surface area contributed by atoms with Crippen molar-refractivity contribution < 1.29 is 18.3 Å². The van der Waals surface area contributed by atoms with Crippen LogP contribution in [0.1, 0.15) is 29.4 Å². The minimum Gasteiger partial charge on any atom is -0.477 e. The van der Waals surface area contributed by atoms with Gasteiger partial charge < -0.3 is 14.6 Å². The molecule has 1 aromatic heterocycles. The maximum atomic E-state index is 12.6. The number of hydrogen-bond acceptors (Lipinski definition) is 4. The topological polar surface area (TPSA) is 82.8 Å². The summed E-state index contributed by atoms with van der Waals surface area (Å²) >= 11 is 0. The van der Waals surface area contributed by atoms with E-state index in [1.165, 1.54) is 16.6 Å². The van der Waals surface area contributed by atoms with Crippen LogP contribution in [-0.4, -0.2) is 66.5 Å². The quantitative estimate of drug-likeness (QED) is 0.873. The molecule has 1 aromatic rings. The Morgan fingerprint density at radius 3 is 2.38 bits per heavy atom. The number of aromatic nitrogens is 1. The number of carboxylic acid groups (broad SMARTS) is 1. The predicted molar refractivity (Wildman–Crippen MR) is 75.9 cm³/mol. The first kappa shape index (κ1) is 14.6. The normalized spacial score (nSPS) is 21.6. The number of rotatable bonds is 4. The highest BCUT2D eigenvalue weighted by atomic mass is 32.2. The smallest absolute Gasteiger partial charge is 0.352 e. The first-order valence-corrected chi connectivity index (χ1v) is 8.47. The summed E-state index contributed by atoms with van der Waals surface area (Å²) in [5, 5.41) is 9.23. The Morgan fingerprint density at radius 2 is 1.86 bits per heavy atom. The number of hydrogen-bond donors (Lipinski definition) is 1. The zero-order chi connectivity index (χ0) is 15.2. The molecule has 0 bridgehead atoms. The predicted octanol–water partition coefficient (Wildman–Crippen LogP) is 0.457. The fourth-order valence-electron chi connectivity index (χ4n) is 2.60. The lowest BCUT2D eigenvalue weighted by Gasteiger charge is -2.31. The van der Waals surface area contributed by atoms with Gasteiger partial charge in [0, 0.05) is 38.4 Å². The monoisotopic (exact) mass is 313 g/mol. The second-order valence-corrected chi connectivity index (χ2v) is 7.65. The number of piperazine rings is 1. The lowest BCUT2D eigenvalue weighted by molar-refractivity contribution is 0.0685. The van der Waals surface area contributed by atoms with Crippen LogP contribution in [0, 0.1) is 0 Å². The van der Waals surface area contributed by atoms with Crippen molar-refractivity contribution in [1.82, 2.24) is 13.8 Å². The van der Waals surface area contributed by atoms with Crippen LogP contribution in [0.4, 0.5) is 0 Å². The van der Waals surface area contributed by atoms with Crippen LogP contribution in [0.5, 0.6) is 0 Å². The van der Waals surface area contributed by atoms with E-state index in [1.54, 1.807) is 4.57 Å². The van der Waals surface area contributed by atoms with E-state index < -0.39 is 16.0 Å². The maximum absolute atomic E-state index is 12.6. The van der Waals surface area contributed by atoms with Gasteiger partial charge >= 0.3 is 5.97 Å². The Morgan fingerprint density at radius 1 is 1.24 bits per heavy atom. The highest BCUT2D eigenvalue weighted by Crippen LogP contribution is 2.37. The van der Waals surface area contributed by atoms with E-state index in [9.17, 15) is 18.3 Å². The van der Waals surface area contributed by atoms with Gasteiger partial charge in [-0.2, -0.15) is 4.31 Å². The molecule has 1 aliphatic carbocycles. The van der Waals surface area contributed by atoms with Gasteiger partial charge in [0.2, 0.25) is 10.0 Å². The van der Waals surface area contributed by atoms with E-state index in [-0.39, 0.29) is 16.6 Å². The zero-order valence-electron chi connectivity index (χ0n) is 11.9. The van der Waals surface area contributed by atoms with Crippen LogP contribution in [0.2, 0.25) is 0 Å². The molecule has 0 unspecified atom stereocenters. The Balaban J connectivity index is 1.92. The summed E-state index contributed by atoms with van der Waals surface area (Å²) in [6, 6.07) is 1.42. The van der Waals surface area contributed by atoms with Crippen molar-refractivity contribution in [1.29, 1.82) is 0 Å². The maximum Gasteiger partial charge on any atom is 0.352 e. The third-order valence-corrected chi connectivity index (χ3v) is 5.95. The highest BCUT2D eigenvalue weighted by Gasteiger charge is 2.33. The lowest BCUT2D eigenvalue weighted by Crippen LogP contribution is -2.46.